The molecule has 0 radical (unpaired) electrons. The van der Waals surface area contributed by atoms with Gasteiger partial charge in [0.15, 0.2) is 5.13 Å². The SMILES string of the molecule is Cc1ccc(NC(=O)c2ccc(C)c(N(c3ccncc3)c3nccs3)c2)cc1F. The van der Waals surface area contributed by atoms with E-state index < -0.39 is 0 Å². The third-order valence-corrected chi connectivity index (χ3v) is 5.43. The van der Waals surface area contributed by atoms with Crippen LogP contribution in [0.4, 0.5) is 26.6 Å². The molecular weight excluding hydrogens is 399 g/mol. The van der Waals surface area contributed by atoms with Gasteiger partial charge >= 0.3 is 0 Å². The van der Waals surface area contributed by atoms with Gasteiger partial charge in [0.1, 0.15) is 5.82 Å². The molecule has 30 heavy (non-hydrogen) atoms. The smallest absolute Gasteiger partial charge is 0.255 e. The minimum absolute atomic E-state index is 0.312. The molecule has 0 bridgehead atoms. The van der Waals surface area contributed by atoms with Crippen LogP contribution in [0.2, 0.25) is 0 Å². The molecule has 150 valence electrons. The highest BCUT2D eigenvalue weighted by Crippen LogP contribution is 2.37. The van der Waals surface area contributed by atoms with Gasteiger partial charge in [0.05, 0.1) is 11.4 Å². The summed E-state index contributed by atoms with van der Waals surface area (Å²) in [6, 6.07) is 13.9. The third-order valence-electron chi connectivity index (χ3n) is 4.67. The van der Waals surface area contributed by atoms with Gasteiger partial charge in [-0.3, -0.25) is 14.7 Å². The Balaban J connectivity index is 1.71. The van der Waals surface area contributed by atoms with E-state index in [-0.39, 0.29) is 11.7 Å². The summed E-state index contributed by atoms with van der Waals surface area (Å²) >= 11 is 1.50. The summed E-state index contributed by atoms with van der Waals surface area (Å²) in [4.78, 5) is 23.4. The number of aromatic nitrogens is 2. The predicted octanol–water partition coefficient (Wildman–Crippen LogP) is 6.02. The number of rotatable bonds is 5. The number of nitrogens with one attached hydrogen (secondary N) is 1. The highest BCUT2D eigenvalue weighted by Gasteiger charge is 2.19. The van der Waals surface area contributed by atoms with Crippen molar-refractivity contribution in [1.29, 1.82) is 0 Å². The van der Waals surface area contributed by atoms with E-state index >= 15 is 0 Å². The minimum Gasteiger partial charge on any atom is -0.322 e. The Morgan fingerprint density at radius 2 is 1.77 bits per heavy atom. The first-order valence-corrected chi connectivity index (χ1v) is 10.2. The number of hydrogen-bond donors (Lipinski definition) is 1. The normalized spacial score (nSPS) is 10.6. The number of thiazole rings is 1. The van der Waals surface area contributed by atoms with Crippen molar-refractivity contribution < 1.29 is 9.18 Å². The molecule has 4 rings (SSSR count). The van der Waals surface area contributed by atoms with Crippen LogP contribution in [0.1, 0.15) is 21.5 Å². The van der Waals surface area contributed by atoms with Gasteiger partial charge in [-0.05, 0) is 61.4 Å². The number of carbonyl (C=O) groups excluding carboxylic acids is 1. The van der Waals surface area contributed by atoms with E-state index in [2.05, 4.69) is 15.3 Å². The molecule has 0 atom stereocenters. The summed E-state index contributed by atoms with van der Waals surface area (Å²) in [6.07, 6.45) is 5.17. The Kier molecular flexibility index (Phi) is 5.54. The Hall–Kier alpha value is -3.58. The van der Waals surface area contributed by atoms with Crippen molar-refractivity contribution in [3.63, 3.8) is 0 Å². The molecule has 1 N–H and O–H groups in total. The average Bonchev–Trinajstić information content (AvgIpc) is 3.27. The molecular formula is C23H19FN4OS. The van der Waals surface area contributed by atoms with Crippen molar-refractivity contribution in [2.45, 2.75) is 13.8 Å². The van der Waals surface area contributed by atoms with Gasteiger partial charge in [-0.1, -0.05) is 12.1 Å². The van der Waals surface area contributed by atoms with Gasteiger partial charge in [-0.15, -0.1) is 11.3 Å². The Morgan fingerprint density at radius 3 is 2.47 bits per heavy atom. The lowest BCUT2D eigenvalue weighted by molar-refractivity contribution is 0.102. The molecule has 0 saturated carbocycles. The van der Waals surface area contributed by atoms with Crippen LogP contribution in [0, 0.1) is 19.7 Å². The van der Waals surface area contributed by atoms with Crippen LogP contribution in [-0.4, -0.2) is 15.9 Å². The highest BCUT2D eigenvalue weighted by molar-refractivity contribution is 7.13. The van der Waals surface area contributed by atoms with E-state index in [4.69, 9.17) is 0 Å². The first-order valence-electron chi connectivity index (χ1n) is 9.31. The Labute approximate surface area is 177 Å². The zero-order valence-electron chi connectivity index (χ0n) is 16.5. The summed E-state index contributed by atoms with van der Waals surface area (Å²) in [7, 11) is 0. The number of carbonyl (C=O) groups is 1. The second-order valence-corrected chi connectivity index (χ2v) is 7.65. The second-order valence-electron chi connectivity index (χ2n) is 6.77. The van der Waals surface area contributed by atoms with Gasteiger partial charge in [0.25, 0.3) is 5.91 Å². The predicted molar refractivity (Wildman–Crippen MR) is 118 cm³/mol. The van der Waals surface area contributed by atoms with Crippen LogP contribution in [0.3, 0.4) is 0 Å². The number of amides is 1. The van der Waals surface area contributed by atoms with Gasteiger partial charge in [0.2, 0.25) is 0 Å². The lowest BCUT2D eigenvalue weighted by Crippen LogP contribution is -2.15. The fourth-order valence-electron chi connectivity index (χ4n) is 3.04. The Morgan fingerprint density at radius 1 is 1.00 bits per heavy atom. The fraction of sp³-hybridized carbons (Fsp3) is 0.0870. The first-order chi connectivity index (χ1) is 14.5. The van der Waals surface area contributed by atoms with Gasteiger partial charge in [-0.25, -0.2) is 9.37 Å². The molecule has 7 heteroatoms. The van der Waals surface area contributed by atoms with E-state index in [0.717, 1.165) is 22.1 Å². The summed E-state index contributed by atoms with van der Waals surface area (Å²) in [5.74, 6) is -0.668. The molecule has 2 heterocycles. The van der Waals surface area contributed by atoms with Crippen molar-refractivity contribution in [3.05, 3.63) is 95.0 Å². The molecule has 0 aliphatic carbocycles. The number of nitrogens with zero attached hydrogens (tertiary/aromatic N) is 3. The monoisotopic (exact) mass is 418 g/mol. The Bertz CT molecular complexity index is 1180. The van der Waals surface area contributed by atoms with Crippen molar-refractivity contribution >= 4 is 39.4 Å². The lowest BCUT2D eigenvalue weighted by Gasteiger charge is -2.24. The number of benzene rings is 2. The summed E-state index contributed by atoms with van der Waals surface area (Å²) in [5, 5.41) is 5.45. The quantitative estimate of drug-likeness (QED) is 0.431. The average molecular weight is 418 g/mol. The number of pyridine rings is 1. The molecule has 0 unspecified atom stereocenters. The van der Waals surface area contributed by atoms with Crippen LogP contribution in [0.25, 0.3) is 0 Å². The largest absolute Gasteiger partial charge is 0.322 e. The summed E-state index contributed by atoms with van der Waals surface area (Å²) in [5.41, 5.74) is 4.12. The molecule has 4 aromatic rings. The zero-order chi connectivity index (χ0) is 21.1. The summed E-state index contributed by atoms with van der Waals surface area (Å²) in [6.45, 7) is 3.66. The molecule has 0 fully saturated rings. The molecule has 2 aromatic heterocycles. The number of anilines is 4. The topological polar surface area (TPSA) is 58.1 Å². The number of halogens is 1. The van der Waals surface area contributed by atoms with Crippen LogP contribution in [0.15, 0.2) is 72.5 Å². The van der Waals surface area contributed by atoms with Crippen molar-refractivity contribution in [1.82, 2.24) is 9.97 Å². The van der Waals surface area contributed by atoms with Crippen molar-refractivity contribution in [3.8, 4) is 0 Å². The first kappa shape index (κ1) is 19.7. The molecule has 0 aliphatic heterocycles. The fourth-order valence-corrected chi connectivity index (χ4v) is 3.71. The maximum absolute atomic E-state index is 13.8. The maximum Gasteiger partial charge on any atom is 0.255 e. The third kappa shape index (κ3) is 4.06. The van der Waals surface area contributed by atoms with Gasteiger partial charge < -0.3 is 5.32 Å². The van der Waals surface area contributed by atoms with Gasteiger partial charge in [0, 0.05) is 35.2 Å². The molecule has 0 saturated heterocycles. The van der Waals surface area contributed by atoms with Crippen LogP contribution in [0.5, 0.6) is 0 Å². The second kappa shape index (κ2) is 8.42. The molecule has 5 nitrogen and oxygen atoms in total. The van der Waals surface area contributed by atoms with Crippen LogP contribution >= 0.6 is 11.3 Å². The van der Waals surface area contributed by atoms with E-state index in [1.807, 2.05) is 41.5 Å². The number of aryl methyl sites for hydroxylation is 2. The van der Waals surface area contributed by atoms with E-state index in [0.29, 0.717) is 16.8 Å². The van der Waals surface area contributed by atoms with E-state index in [9.17, 15) is 9.18 Å². The van der Waals surface area contributed by atoms with Crippen molar-refractivity contribution in [2.24, 2.45) is 0 Å². The highest BCUT2D eigenvalue weighted by atomic mass is 32.1. The van der Waals surface area contributed by atoms with Crippen LogP contribution in [-0.2, 0) is 0 Å². The maximum atomic E-state index is 13.8. The minimum atomic E-state index is -0.356. The van der Waals surface area contributed by atoms with Crippen LogP contribution < -0.4 is 10.2 Å². The number of hydrogen-bond acceptors (Lipinski definition) is 5. The summed E-state index contributed by atoms with van der Waals surface area (Å²) < 4.78 is 13.8. The van der Waals surface area contributed by atoms with Crippen molar-refractivity contribution in [2.75, 3.05) is 10.2 Å². The molecule has 2 aromatic carbocycles. The molecule has 1 amide bonds. The molecule has 0 aliphatic rings. The lowest BCUT2D eigenvalue weighted by atomic mass is 10.1. The standard InChI is InChI=1S/C23H19FN4OS/c1-15-4-6-18(14-20(15)24)27-22(29)17-5-3-16(2)21(13-17)28(23-26-11-12-30-23)19-7-9-25-10-8-19/h3-14H,1-2H3,(H,27,29). The van der Waals surface area contributed by atoms with E-state index in [1.165, 1.54) is 17.4 Å². The zero-order valence-corrected chi connectivity index (χ0v) is 17.3. The van der Waals surface area contributed by atoms with E-state index in [1.54, 1.807) is 43.7 Å². The van der Waals surface area contributed by atoms with Gasteiger partial charge in [-0.2, -0.15) is 0 Å². The molecule has 0 spiro atoms.